The van der Waals surface area contributed by atoms with Gasteiger partial charge in [0, 0.05) is 7.05 Å². The molecule has 2 aromatic rings. The van der Waals surface area contributed by atoms with E-state index in [-0.39, 0.29) is 5.69 Å². The zero-order valence-corrected chi connectivity index (χ0v) is 10.1. The Morgan fingerprint density at radius 3 is 2.37 bits per heavy atom. The maximum Gasteiger partial charge on any atom is 0.274 e. The Balaban J connectivity index is 2.20. The fourth-order valence-corrected chi connectivity index (χ4v) is 1.47. The number of rotatable bonds is 3. The molecular weight excluding hydrogens is 252 g/mol. The normalized spacial score (nSPS) is 10.1. The molecule has 1 aromatic carbocycles. The number of amides is 1. The van der Waals surface area contributed by atoms with Crippen molar-refractivity contribution in [3.8, 4) is 0 Å². The van der Waals surface area contributed by atoms with Crippen LogP contribution in [0.5, 0.6) is 0 Å². The number of pyridine rings is 1. The predicted octanol–water partition coefficient (Wildman–Crippen LogP) is 2.65. The molecule has 0 saturated carbocycles. The van der Waals surface area contributed by atoms with Crippen LogP contribution >= 0.6 is 0 Å². The first kappa shape index (κ1) is 12.9. The van der Waals surface area contributed by atoms with Gasteiger partial charge in [-0.1, -0.05) is 6.07 Å². The summed E-state index contributed by atoms with van der Waals surface area (Å²) in [5.41, 5.74) is 0.322. The van der Waals surface area contributed by atoms with E-state index >= 15 is 0 Å². The summed E-state index contributed by atoms with van der Waals surface area (Å²) in [6.45, 7) is 0. The van der Waals surface area contributed by atoms with Crippen molar-refractivity contribution >= 4 is 17.3 Å². The summed E-state index contributed by atoms with van der Waals surface area (Å²) in [6.07, 6.45) is 1.45. The van der Waals surface area contributed by atoms with E-state index in [1.807, 2.05) is 0 Å². The highest BCUT2D eigenvalue weighted by Gasteiger charge is 2.14. The SMILES string of the molecule is CNc1ccc(C(=O)Nc2c(F)cccc2F)nc1. The van der Waals surface area contributed by atoms with E-state index in [1.54, 1.807) is 13.1 Å². The summed E-state index contributed by atoms with van der Waals surface area (Å²) in [5, 5.41) is 5.01. The van der Waals surface area contributed by atoms with Crippen molar-refractivity contribution in [1.29, 1.82) is 0 Å². The lowest BCUT2D eigenvalue weighted by atomic mass is 10.2. The van der Waals surface area contributed by atoms with Crippen LogP contribution in [0.3, 0.4) is 0 Å². The molecule has 1 aromatic heterocycles. The molecule has 0 radical (unpaired) electrons. The van der Waals surface area contributed by atoms with E-state index in [1.165, 1.54) is 18.3 Å². The number of nitrogens with one attached hydrogen (secondary N) is 2. The van der Waals surface area contributed by atoms with Gasteiger partial charge in [-0.3, -0.25) is 4.79 Å². The first-order valence-electron chi connectivity index (χ1n) is 5.51. The number of benzene rings is 1. The minimum atomic E-state index is -0.833. The highest BCUT2D eigenvalue weighted by Crippen LogP contribution is 2.18. The van der Waals surface area contributed by atoms with Gasteiger partial charge in [0.05, 0.1) is 11.9 Å². The number of carbonyl (C=O) groups is 1. The largest absolute Gasteiger partial charge is 0.387 e. The third-order valence-corrected chi connectivity index (χ3v) is 2.49. The van der Waals surface area contributed by atoms with E-state index in [4.69, 9.17) is 0 Å². The van der Waals surface area contributed by atoms with Crippen LogP contribution in [0.1, 0.15) is 10.5 Å². The second-order valence-electron chi connectivity index (χ2n) is 3.73. The number of anilines is 2. The first-order chi connectivity index (χ1) is 9.11. The Bertz CT molecular complexity index is 579. The van der Waals surface area contributed by atoms with Gasteiger partial charge in [0.25, 0.3) is 5.91 Å². The summed E-state index contributed by atoms with van der Waals surface area (Å²) < 4.78 is 26.7. The van der Waals surface area contributed by atoms with Crippen molar-refractivity contribution in [3.05, 3.63) is 53.9 Å². The lowest BCUT2D eigenvalue weighted by Crippen LogP contribution is -2.15. The fourth-order valence-electron chi connectivity index (χ4n) is 1.47. The zero-order chi connectivity index (χ0) is 13.8. The van der Waals surface area contributed by atoms with Crippen LogP contribution in [-0.4, -0.2) is 17.9 Å². The summed E-state index contributed by atoms with van der Waals surface area (Å²) in [4.78, 5) is 15.7. The molecule has 0 saturated heterocycles. The maximum absolute atomic E-state index is 13.4. The Hall–Kier alpha value is -2.50. The molecule has 98 valence electrons. The summed E-state index contributed by atoms with van der Waals surface area (Å²) in [5.74, 6) is -2.34. The van der Waals surface area contributed by atoms with Gasteiger partial charge in [-0.05, 0) is 24.3 Å². The first-order valence-corrected chi connectivity index (χ1v) is 5.51. The molecule has 1 heterocycles. The Kier molecular flexibility index (Phi) is 3.70. The van der Waals surface area contributed by atoms with Gasteiger partial charge in [0.2, 0.25) is 0 Å². The van der Waals surface area contributed by atoms with E-state index in [9.17, 15) is 13.6 Å². The van der Waals surface area contributed by atoms with Crippen molar-refractivity contribution in [2.45, 2.75) is 0 Å². The fraction of sp³-hybridized carbons (Fsp3) is 0.0769. The van der Waals surface area contributed by atoms with E-state index in [2.05, 4.69) is 15.6 Å². The Labute approximate surface area is 108 Å². The number of hydrogen-bond donors (Lipinski definition) is 2. The van der Waals surface area contributed by atoms with E-state index < -0.39 is 23.2 Å². The lowest BCUT2D eigenvalue weighted by molar-refractivity contribution is 0.102. The quantitative estimate of drug-likeness (QED) is 0.895. The molecule has 0 bridgehead atoms. The van der Waals surface area contributed by atoms with E-state index in [0.717, 1.165) is 17.8 Å². The molecule has 6 heteroatoms. The molecule has 0 fully saturated rings. The molecule has 4 nitrogen and oxygen atoms in total. The molecule has 0 unspecified atom stereocenters. The van der Waals surface area contributed by atoms with Gasteiger partial charge in [-0.25, -0.2) is 13.8 Å². The standard InChI is InChI=1S/C13H11F2N3O/c1-16-8-5-6-11(17-7-8)13(19)18-12-9(14)3-2-4-10(12)15/h2-7,16H,1H3,(H,18,19). The molecular formula is C13H11F2N3O. The van der Waals surface area contributed by atoms with Crippen LogP contribution in [0.15, 0.2) is 36.5 Å². The number of para-hydroxylation sites is 1. The van der Waals surface area contributed by atoms with Crippen molar-refractivity contribution in [3.63, 3.8) is 0 Å². The third-order valence-electron chi connectivity index (χ3n) is 2.49. The molecule has 1 amide bonds. The molecule has 19 heavy (non-hydrogen) atoms. The summed E-state index contributed by atoms with van der Waals surface area (Å²) in [6, 6.07) is 6.45. The van der Waals surface area contributed by atoms with Crippen molar-refractivity contribution in [2.75, 3.05) is 17.7 Å². The van der Waals surface area contributed by atoms with Crippen molar-refractivity contribution < 1.29 is 13.6 Å². The lowest BCUT2D eigenvalue weighted by Gasteiger charge is -2.07. The molecule has 2 rings (SSSR count). The van der Waals surface area contributed by atoms with Crippen LogP contribution in [-0.2, 0) is 0 Å². The predicted molar refractivity (Wildman–Crippen MR) is 68.1 cm³/mol. The van der Waals surface area contributed by atoms with Crippen LogP contribution in [0.25, 0.3) is 0 Å². The molecule has 0 aliphatic heterocycles. The van der Waals surface area contributed by atoms with Gasteiger partial charge in [0.15, 0.2) is 0 Å². The number of hydrogen-bond acceptors (Lipinski definition) is 3. The summed E-state index contributed by atoms with van der Waals surface area (Å²) in [7, 11) is 1.71. The number of carbonyl (C=O) groups excluding carboxylic acids is 1. The summed E-state index contributed by atoms with van der Waals surface area (Å²) >= 11 is 0. The molecule has 0 aliphatic carbocycles. The Morgan fingerprint density at radius 2 is 1.84 bits per heavy atom. The van der Waals surface area contributed by atoms with Crippen LogP contribution in [0, 0.1) is 11.6 Å². The van der Waals surface area contributed by atoms with Crippen molar-refractivity contribution in [2.24, 2.45) is 0 Å². The second-order valence-corrected chi connectivity index (χ2v) is 3.73. The third kappa shape index (κ3) is 2.85. The van der Waals surface area contributed by atoms with Crippen LogP contribution in [0.4, 0.5) is 20.2 Å². The number of aromatic nitrogens is 1. The van der Waals surface area contributed by atoms with Crippen LogP contribution < -0.4 is 10.6 Å². The molecule has 0 atom stereocenters. The van der Waals surface area contributed by atoms with Gasteiger partial charge in [-0.2, -0.15) is 0 Å². The minimum Gasteiger partial charge on any atom is -0.387 e. The average molecular weight is 263 g/mol. The molecule has 0 spiro atoms. The highest BCUT2D eigenvalue weighted by atomic mass is 19.1. The zero-order valence-electron chi connectivity index (χ0n) is 10.1. The van der Waals surface area contributed by atoms with Gasteiger partial charge >= 0.3 is 0 Å². The highest BCUT2D eigenvalue weighted by molar-refractivity contribution is 6.03. The van der Waals surface area contributed by atoms with Crippen LogP contribution in [0.2, 0.25) is 0 Å². The van der Waals surface area contributed by atoms with Gasteiger partial charge < -0.3 is 10.6 Å². The monoisotopic (exact) mass is 263 g/mol. The minimum absolute atomic E-state index is 0.0710. The second kappa shape index (κ2) is 5.43. The maximum atomic E-state index is 13.4. The van der Waals surface area contributed by atoms with E-state index in [0.29, 0.717) is 0 Å². The molecule has 0 aliphatic rings. The number of nitrogens with zero attached hydrogens (tertiary/aromatic N) is 1. The topological polar surface area (TPSA) is 54.0 Å². The smallest absolute Gasteiger partial charge is 0.274 e. The van der Waals surface area contributed by atoms with Gasteiger partial charge in [0.1, 0.15) is 23.0 Å². The Morgan fingerprint density at radius 1 is 1.16 bits per heavy atom. The van der Waals surface area contributed by atoms with Gasteiger partial charge in [-0.15, -0.1) is 0 Å². The number of halogens is 2. The average Bonchev–Trinajstić information content (AvgIpc) is 2.43. The molecule has 2 N–H and O–H groups in total. The van der Waals surface area contributed by atoms with Crippen molar-refractivity contribution in [1.82, 2.24) is 4.98 Å².